The molecule has 0 bridgehead atoms. The summed E-state index contributed by atoms with van der Waals surface area (Å²) in [7, 11) is -6.56. The normalized spacial score (nSPS) is 21.6. The van der Waals surface area contributed by atoms with Crippen molar-refractivity contribution >= 4 is 59.6 Å². The van der Waals surface area contributed by atoms with Crippen LogP contribution in [-0.4, -0.2) is 105 Å². The van der Waals surface area contributed by atoms with Crippen molar-refractivity contribution < 1.29 is 35.5 Å². The fourth-order valence-electron chi connectivity index (χ4n) is 10.7. The highest BCUT2D eigenvalue weighted by Crippen LogP contribution is 2.42. The lowest BCUT2D eigenvalue weighted by Crippen LogP contribution is -2.31. The van der Waals surface area contributed by atoms with Gasteiger partial charge in [-0.05, 0) is 101 Å². The molecule has 4 aliphatic heterocycles. The number of nitrogens with zero attached hydrogens (tertiary/aromatic N) is 9. The van der Waals surface area contributed by atoms with Crippen molar-refractivity contribution in [3.8, 4) is 22.3 Å². The van der Waals surface area contributed by atoms with Gasteiger partial charge in [-0.2, -0.15) is 0 Å². The summed E-state index contributed by atoms with van der Waals surface area (Å²) >= 11 is 0. The van der Waals surface area contributed by atoms with E-state index in [9.17, 15) is 26.4 Å². The van der Waals surface area contributed by atoms with Gasteiger partial charge in [-0.1, -0.05) is 40.6 Å². The zero-order valence-corrected chi connectivity index (χ0v) is 40.5. The molecule has 356 valence electrons. The number of hydrogen-bond donors (Lipinski definition) is 1. The summed E-state index contributed by atoms with van der Waals surface area (Å²) in [5.74, 6) is 3.16. The fraction of sp³-hybridized carbons (Fsp3) is 0.417. The SMILES string of the molecule is Cc1noc(C)c1-c1ccc2c(c1)nc([C@@H]1CCC(=O)N1)n2[C@@H]1CCN(S(C)(=O)=O)C1.Cc1noc(C)c1-c1ccc2c(c1)nc([C@@H]1CCC(=O)N1c1ccccc1)n2[C@@H]1CCN(S(C)(=O)=O)C1. The van der Waals surface area contributed by atoms with Gasteiger partial charge in [-0.15, -0.1) is 0 Å². The van der Waals surface area contributed by atoms with Crippen molar-refractivity contribution in [1.82, 2.24) is 43.3 Å². The number of nitrogens with one attached hydrogen (secondary N) is 1. The van der Waals surface area contributed by atoms with E-state index in [1.165, 1.54) is 21.1 Å². The summed E-state index contributed by atoms with van der Waals surface area (Å²) in [5, 5.41) is 11.2. The Hall–Kier alpha value is -6.22. The minimum atomic E-state index is -3.30. The van der Waals surface area contributed by atoms with Crippen LogP contribution in [0.1, 0.15) is 97.2 Å². The lowest BCUT2D eigenvalue weighted by Gasteiger charge is -2.27. The average Bonchev–Trinajstić information content (AvgIpc) is 4.16. The molecule has 20 heteroatoms. The van der Waals surface area contributed by atoms with Gasteiger partial charge in [0.1, 0.15) is 23.2 Å². The van der Waals surface area contributed by atoms with Gasteiger partial charge in [-0.3, -0.25) is 9.59 Å². The molecular weight excluding hydrogens is 909 g/mol. The Bertz CT molecular complexity index is 3300. The second kappa shape index (κ2) is 17.4. The Morgan fingerprint density at radius 1 is 0.632 bits per heavy atom. The van der Waals surface area contributed by atoms with Crippen LogP contribution in [0, 0.1) is 27.7 Å². The molecule has 4 saturated heterocycles. The average molecular weight is 963 g/mol. The summed E-state index contributed by atoms with van der Waals surface area (Å²) in [6.45, 7) is 9.34. The van der Waals surface area contributed by atoms with Gasteiger partial charge in [0.25, 0.3) is 0 Å². The molecule has 0 saturated carbocycles. The molecule has 8 heterocycles. The second-order valence-electron chi connectivity index (χ2n) is 18.4. The van der Waals surface area contributed by atoms with Crippen LogP contribution in [0.3, 0.4) is 0 Å². The lowest BCUT2D eigenvalue weighted by molar-refractivity contribution is -0.119. The summed E-state index contributed by atoms with van der Waals surface area (Å²) in [5.41, 5.74) is 9.79. The minimum Gasteiger partial charge on any atom is -0.361 e. The first-order valence-corrected chi connectivity index (χ1v) is 26.6. The molecule has 0 unspecified atom stereocenters. The molecule has 1 N–H and O–H groups in total. The summed E-state index contributed by atoms with van der Waals surface area (Å²) < 4.78 is 66.8. The van der Waals surface area contributed by atoms with Crippen molar-refractivity contribution in [3.63, 3.8) is 0 Å². The number of carbonyl (C=O) groups is 2. The molecule has 68 heavy (non-hydrogen) atoms. The van der Waals surface area contributed by atoms with Crippen LogP contribution in [0.4, 0.5) is 5.69 Å². The van der Waals surface area contributed by atoms with E-state index in [4.69, 9.17) is 19.0 Å². The minimum absolute atomic E-state index is 0.0178. The number of carbonyl (C=O) groups excluding carboxylic acids is 2. The van der Waals surface area contributed by atoms with E-state index in [0.29, 0.717) is 64.7 Å². The van der Waals surface area contributed by atoms with Crippen LogP contribution in [-0.2, 0) is 29.6 Å². The second-order valence-corrected chi connectivity index (χ2v) is 22.4. The Labute approximate surface area is 394 Å². The van der Waals surface area contributed by atoms with Crippen LogP contribution in [0.5, 0.6) is 0 Å². The number of fused-ring (bicyclic) bond motifs is 2. The van der Waals surface area contributed by atoms with E-state index in [1.54, 1.807) is 0 Å². The van der Waals surface area contributed by atoms with Crippen LogP contribution in [0.15, 0.2) is 75.8 Å². The maximum Gasteiger partial charge on any atom is 0.227 e. The predicted molar refractivity (Wildman–Crippen MR) is 256 cm³/mol. The van der Waals surface area contributed by atoms with Gasteiger partial charge in [0.05, 0.1) is 70.1 Å². The molecule has 11 rings (SSSR count). The summed E-state index contributed by atoms with van der Waals surface area (Å²) in [6, 6.07) is 21.3. The van der Waals surface area contributed by atoms with E-state index < -0.39 is 20.0 Å². The van der Waals surface area contributed by atoms with Crippen molar-refractivity contribution in [2.24, 2.45) is 0 Å². The Kier molecular flexibility index (Phi) is 11.6. The van der Waals surface area contributed by atoms with Crippen LogP contribution in [0.2, 0.25) is 0 Å². The molecule has 0 spiro atoms. The van der Waals surface area contributed by atoms with E-state index in [2.05, 4.69) is 24.8 Å². The van der Waals surface area contributed by atoms with Crippen molar-refractivity contribution in [2.75, 3.05) is 43.6 Å². The van der Waals surface area contributed by atoms with Gasteiger partial charge < -0.3 is 28.4 Å². The standard InChI is InChI=1S/C27H29N5O4S.C21H25N5O4S/c1-17-26(18(2)36-29-17)19-9-10-23-22(15-19)28-27(32(23)21-13-14-30(16-21)37(3,34)35)24-11-12-25(33)31(24)20-7-5-4-6-8-20;1-12-20(13(2)30-24-12)14-4-6-18-17(10-14)23-21(16-5-7-19(27)22-16)26(18)15-8-9-25(11-15)31(3,28)29/h4-10,15,21,24H,11-14,16H2,1-3H3;4,6,10,15-16H,5,7-9,11H2,1-3H3,(H,22,27)/t21-,24+;15-,16+/m11/s1. The number of aromatic nitrogens is 6. The van der Waals surface area contributed by atoms with Gasteiger partial charge in [0.15, 0.2) is 0 Å². The Morgan fingerprint density at radius 2 is 1.15 bits per heavy atom. The third kappa shape index (κ3) is 8.30. The molecule has 0 radical (unpaired) electrons. The topological polar surface area (TPSA) is 212 Å². The maximum absolute atomic E-state index is 13.1. The van der Waals surface area contributed by atoms with Crippen molar-refractivity contribution in [3.05, 3.63) is 101 Å². The number of aryl methyl sites for hydroxylation is 4. The van der Waals surface area contributed by atoms with E-state index >= 15 is 0 Å². The van der Waals surface area contributed by atoms with E-state index in [-0.39, 0.29) is 36.0 Å². The van der Waals surface area contributed by atoms with E-state index in [0.717, 1.165) is 84.6 Å². The molecule has 18 nitrogen and oxygen atoms in total. The summed E-state index contributed by atoms with van der Waals surface area (Å²) in [4.78, 5) is 36.8. The molecule has 0 aliphatic carbocycles. The van der Waals surface area contributed by atoms with Crippen molar-refractivity contribution in [1.29, 1.82) is 0 Å². The number of para-hydroxylation sites is 1. The highest BCUT2D eigenvalue weighted by Gasteiger charge is 2.40. The molecule has 4 fully saturated rings. The number of rotatable bonds is 9. The zero-order chi connectivity index (χ0) is 47.8. The third-order valence-electron chi connectivity index (χ3n) is 13.8. The highest BCUT2D eigenvalue weighted by molar-refractivity contribution is 7.88. The Morgan fingerprint density at radius 3 is 1.60 bits per heavy atom. The number of hydrogen-bond acceptors (Lipinski definition) is 12. The molecular formula is C48H54N10O8S2. The maximum atomic E-state index is 13.1. The highest BCUT2D eigenvalue weighted by atomic mass is 32.2. The van der Waals surface area contributed by atoms with Gasteiger partial charge >= 0.3 is 0 Å². The van der Waals surface area contributed by atoms with Crippen molar-refractivity contribution in [2.45, 2.75) is 90.4 Å². The fourth-order valence-corrected chi connectivity index (χ4v) is 12.4. The first-order chi connectivity index (χ1) is 32.4. The number of imidazole rings is 2. The molecule has 2 amide bonds. The van der Waals surface area contributed by atoms with Crippen LogP contribution < -0.4 is 10.2 Å². The number of benzene rings is 3. The smallest absolute Gasteiger partial charge is 0.227 e. The number of amides is 2. The number of sulfonamides is 2. The van der Waals surface area contributed by atoms with E-state index in [1.807, 2.05) is 99.3 Å². The predicted octanol–water partition coefficient (Wildman–Crippen LogP) is 6.85. The first kappa shape index (κ1) is 45.6. The Balaban J connectivity index is 0.000000161. The monoisotopic (exact) mass is 962 g/mol. The number of anilines is 1. The van der Waals surface area contributed by atoms with Crippen LogP contribution in [0.25, 0.3) is 44.3 Å². The van der Waals surface area contributed by atoms with Gasteiger partial charge in [-0.25, -0.2) is 35.4 Å². The largest absolute Gasteiger partial charge is 0.361 e. The quantitative estimate of drug-likeness (QED) is 0.157. The van der Waals surface area contributed by atoms with Crippen LogP contribution >= 0.6 is 0 Å². The molecule has 4 aromatic heterocycles. The first-order valence-electron chi connectivity index (χ1n) is 22.9. The lowest BCUT2D eigenvalue weighted by atomic mass is 10.0. The molecule has 3 aromatic carbocycles. The van der Waals surface area contributed by atoms with Gasteiger partial charge in [0, 0.05) is 55.8 Å². The third-order valence-corrected chi connectivity index (χ3v) is 16.4. The summed E-state index contributed by atoms with van der Waals surface area (Å²) in [6.07, 6.45) is 6.13. The van der Waals surface area contributed by atoms with Gasteiger partial charge in [0.2, 0.25) is 31.9 Å². The molecule has 4 aliphatic rings. The molecule has 7 aromatic rings. The molecule has 4 atom stereocenters. The zero-order valence-electron chi connectivity index (χ0n) is 38.8.